The molecular formula is C24H15N9O5. The zero-order valence-corrected chi connectivity index (χ0v) is 19.4. The topological polar surface area (TPSA) is 204 Å². The van der Waals surface area contributed by atoms with Crippen LogP contribution in [0.25, 0.3) is 28.1 Å². The van der Waals surface area contributed by atoms with Crippen molar-refractivity contribution in [3.05, 3.63) is 86.7 Å². The summed E-state index contributed by atoms with van der Waals surface area (Å²) < 4.78 is 1.88. The van der Waals surface area contributed by atoms with Crippen molar-refractivity contribution in [3.8, 4) is 29.2 Å². The van der Waals surface area contributed by atoms with Gasteiger partial charge in [0.05, 0.1) is 22.7 Å². The minimum atomic E-state index is -1.61. The number of pyridine rings is 2. The third-order valence-electron chi connectivity index (χ3n) is 5.57. The normalized spacial score (nSPS) is 11.2. The molecule has 186 valence electrons. The molecule has 3 N–H and O–H groups in total. The Kier molecular flexibility index (Phi) is 5.78. The maximum absolute atomic E-state index is 13.2. The van der Waals surface area contributed by atoms with Crippen molar-refractivity contribution in [1.82, 2.24) is 29.3 Å². The van der Waals surface area contributed by atoms with Crippen LogP contribution in [-0.2, 0) is 7.05 Å². The van der Waals surface area contributed by atoms with Crippen LogP contribution in [0.2, 0.25) is 0 Å². The Bertz CT molecular complexity index is 1930. The number of azo groups is 1. The van der Waals surface area contributed by atoms with Crippen LogP contribution in [0.5, 0.6) is 5.88 Å². The molecule has 0 fully saturated rings. The van der Waals surface area contributed by atoms with Crippen molar-refractivity contribution >= 4 is 28.4 Å². The summed E-state index contributed by atoms with van der Waals surface area (Å²) in [7, 11) is 1.14. The zero-order valence-electron chi connectivity index (χ0n) is 19.4. The van der Waals surface area contributed by atoms with Crippen LogP contribution in [0, 0.1) is 11.3 Å². The van der Waals surface area contributed by atoms with E-state index in [1.54, 1.807) is 30.3 Å². The zero-order chi connectivity index (χ0) is 27.0. The number of benzene rings is 1. The van der Waals surface area contributed by atoms with Crippen molar-refractivity contribution < 1.29 is 15.0 Å². The van der Waals surface area contributed by atoms with E-state index >= 15 is 0 Å². The van der Waals surface area contributed by atoms with Crippen molar-refractivity contribution in [2.75, 3.05) is 0 Å². The number of fused-ring (bicyclic) bond motifs is 1. The largest absolute Gasteiger partial charge is 0.494 e. The number of H-pyrrole nitrogens is 1. The highest BCUT2D eigenvalue weighted by molar-refractivity contribution is 6.00. The number of hydrogen-bond donors (Lipinski definition) is 3. The van der Waals surface area contributed by atoms with Crippen molar-refractivity contribution in [2.24, 2.45) is 17.3 Å². The molecule has 0 atom stereocenters. The first-order chi connectivity index (χ1) is 18.3. The van der Waals surface area contributed by atoms with Gasteiger partial charge in [-0.2, -0.15) is 15.0 Å². The van der Waals surface area contributed by atoms with E-state index in [1.807, 2.05) is 6.07 Å². The fraction of sp³-hybridized carbons (Fsp3) is 0.0417. The van der Waals surface area contributed by atoms with E-state index in [0.29, 0.717) is 10.4 Å². The number of aromatic carboxylic acids is 1. The molecule has 0 unspecified atom stereocenters. The van der Waals surface area contributed by atoms with Crippen molar-refractivity contribution in [3.63, 3.8) is 0 Å². The molecule has 0 aliphatic rings. The van der Waals surface area contributed by atoms with E-state index in [2.05, 4.69) is 30.3 Å². The maximum Gasteiger partial charge on any atom is 0.341 e. The number of carboxylic acid groups (broad SMARTS) is 1. The Labute approximate surface area is 211 Å². The highest BCUT2D eigenvalue weighted by Crippen LogP contribution is 2.35. The molecule has 0 bridgehead atoms. The number of hydrogen-bond acceptors (Lipinski definition) is 10. The monoisotopic (exact) mass is 509 g/mol. The van der Waals surface area contributed by atoms with E-state index in [0.717, 1.165) is 7.05 Å². The molecule has 4 aromatic heterocycles. The quantitative estimate of drug-likeness (QED) is 0.297. The molecule has 5 rings (SSSR count). The van der Waals surface area contributed by atoms with E-state index in [4.69, 9.17) is 0 Å². The van der Waals surface area contributed by atoms with Gasteiger partial charge in [0.1, 0.15) is 23.0 Å². The molecule has 0 amide bonds. The smallest absolute Gasteiger partial charge is 0.341 e. The van der Waals surface area contributed by atoms with Gasteiger partial charge >= 0.3 is 5.97 Å². The van der Waals surface area contributed by atoms with Gasteiger partial charge in [-0.25, -0.2) is 14.8 Å². The SMILES string of the molecule is Cn1c(O)c(C(=O)O)c(-c2nc3ccccc3c(=O)[nH]2)c(N=Nc2c(C#N)cnn2-c2ccccn2)c1=O. The standard InChI is InChI=1S/C24H15N9O5/c1-32-22(35)17(24(37)38)16(19-28-14-7-3-2-6-13(14)21(34)29-19)18(23(32)36)30-31-20-12(10-25)11-27-33(20)15-8-4-5-9-26-15/h2-9,11,35H,1H3,(H,37,38)(H,28,29,34). The summed E-state index contributed by atoms with van der Waals surface area (Å²) in [6.45, 7) is 0. The van der Waals surface area contributed by atoms with Crippen LogP contribution in [0.4, 0.5) is 11.5 Å². The number of carbonyl (C=O) groups is 1. The second-order valence-electron chi connectivity index (χ2n) is 7.82. The Morgan fingerprint density at radius 3 is 2.61 bits per heavy atom. The van der Waals surface area contributed by atoms with Crippen LogP contribution in [0.15, 0.2) is 74.7 Å². The highest BCUT2D eigenvalue weighted by atomic mass is 16.4. The Morgan fingerprint density at radius 2 is 1.89 bits per heavy atom. The first-order valence-electron chi connectivity index (χ1n) is 10.8. The first kappa shape index (κ1) is 23.8. The van der Waals surface area contributed by atoms with Gasteiger partial charge in [0.2, 0.25) is 5.88 Å². The summed E-state index contributed by atoms with van der Waals surface area (Å²) in [6.07, 6.45) is 2.72. The number of nitrogens with zero attached hydrogens (tertiary/aromatic N) is 8. The number of aromatic nitrogens is 6. The number of aromatic hydroxyl groups is 1. The maximum atomic E-state index is 13.2. The Morgan fingerprint density at radius 1 is 1.13 bits per heavy atom. The number of aromatic amines is 1. The molecule has 14 heteroatoms. The fourth-order valence-corrected chi connectivity index (χ4v) is 3.75. The van der Waals surface area contributed by atoms with E-state index < -0.39 is 39.8 Å². The highest BCUT2D eigenvalue weighted by Gasteiger charge is 2.28. The van der Waals surface area contributed by atoms with Crippen LogP contribution in [0.3, 0.4) is 0 Å². The average molecular weight is 509 g/mol. The molecule has 4 heterocycles. The molecule has 5 aromatic rings. The van der Waals surface area contributed by atoms with Gasteiger partial charge in [-0.3, -0.25) is 14.2 Å². The summed E-state index contributed by atoms with van der Waals surface area (Å²) in [5.74, 6) is -2.62. The van der Waals surface area contributed by atoms with E-state index in [1.165, 1.54) is 29.2 Å². The number of carboxylic acids is 1. The van der Waals surface area contributed by atoms with E-state index in [9.17, 15) is 29.9 Å². The molecule has 0 radical (unpaired) electrons. The lowest BCUT2D eigenvalue weighted by atomic mass is 10.1. The molecule has 0 spiro atoms. The lowest BCUT2D eigenvalue weighted by Crippen LogP contribution is -2.22. The minimum Gasteiger partial charge on any atom is -0.494 e. The molecule has 0 saturated carbocycles. The number of para-hydroxylation sites is 1. The van der Waals surface area contributed by atoms with Gasteiger partial charge in [-0.15, -0.1) is 10.2 Å². The average Bonchev–Trinajstić information content (AvgIpc) is 3.34. The van der Waals surface area contributed by atoms with Gasteiger partial charge in [-0.1, -0.05) is 18.2 Å². The van der Waals surface area contributed by atoms with Crippen LogP contribution < -0.4 is 11.1 Å². The Hall–Kier alpha value is -5.97. The molecule has 0 aliphatic carbocycles. The van der Waals surface area contributed by atoms with E-state index in [-0.39, 0.29) is 28.1 Å². The number of rotatable bonds is 5. The second kappa shape index (κ2) is 9.24. The summed E-state index contributed by atoms with van der Waals surface area (Å²) in [5.41, 5.74) is -3.10. The summed E-state index contributed by atoms with van der Waals surface area (Å²) in [6, 6.07) is 13.2. The fourth-order valence-electron chi connectivity index (χ4n) is 3.75. The predicted molar refractivity (Wildman–Crippen MR) is 132 cm³/mol. The number of nitriles is 1. The summed E-state index contributed by atoms with van der Waals surface area (Å²) in [4.78, 5) is 49.1. The minimum absolute atomic E-state index is 0.00718. The van der Waals surface area contributed by atoms with Crippen molar-refractivity contribution in [1.29, 1.82) is 5.26 Å². The van der Waals surface area contributed by atoms with Gasteiger partial charge in [0, 0.05) is 13.2 Å². The lowest BCUT2D eigenvalue weighted by Gasteiger charge is -2.13. The van der Waals surface area contributed by atoms with Gasteiger partial charge in [0.25, 0.3) is 11.1 Å². The third-order valence-corrected chi connectivity index (χ3v) is 5.57. The van der Waals surface area contributed by atoms with Crippen LogP contribution in [0.1, 0.15) is 15.9 Å². The third kappa shape index (κ3) is 3.85. The molecule has 38 heavy (non-hydrogen) atoms. The van der Waals surface area contributed by atoms with Crippen molar-refractivity contribution in [2.45, 2.75) is 0 Å². The lowest BCUT2D eigenvalue weighted by molar-refractivity contribution is 0.0692. The molecule has 0 saturated heterocycles. The summed E-state index contributed by atoms with van der Waals surface area (Å²) in [5, 5.41) is 42.4. The summed E-state index contributed by atoms with van der Waals surface area (Å²) >= 11 is 0. The first-order valence-corrected chi connectivity index (χ1v) is 10.8. The number of nitrogens with one attached hydrogen (secondary N) is 1. The Balaban J connectivity index is 1.82. The molecule has 14 nitrogen and oxygen atoms in total. The predicted octanol–water partition coefficient (Wildman–Crippen LogP) is 2.56. The van der Waals surface area contributed by atoms with Gasteiger partial charge in [-0.05, 0) is 24.3 Å². The molecular weight excluding hydrogens is 494 g/mol. The van der Waals surface area contributed by atoms with Crippen LogP contribution in [-0.4, -0.2) is 45.5 Å². The van der Waals surface area contributed by atoms with Gasteiger partial charge in [0.15, 0.2) is 17.3 Å². The molecule has 0 aliphatic heterocycles. The second-order valence-corrected chi connectivity index (χ2v) is 7.82. The molecule has 1 aromatic carbocycles. The van der Waals surface area contributed by atoms with Gasteiger partial charge < -0.3 is 15.2 Å². The van der Waals surface area contributed by atoms with Crippen LogP contribution >= 0.6 is 0 Å².